The molecular weight excluding hydrogens is 484 g/mol. The molecule has 8 heteroatoms. The molecule has 1 saturated heterocycles. The average Bonchev–Trinajstić information content (AvgIpc) is 3.30. The Morgan fingerprint density at radius 2 is 2.08 bits per heavy atom. The van der Waals surface area contributed by atoms with Crippen LogP contribution in [0.5, 0.6) is 5.75 Å². The standard InChI is InChI=1S/C30H36N2O6/c1-5-30(35)24-15-26-28-22(16-32(26)19(3)23(24)17-38-29(30)34)18(2)21-14-20(11-12-25(21)31-28)37-13-9-7-6-8-10-27(33)36-4/h11-12,14-15,28,31,35H,3,5-10,13,16-17H2,1-2,4H3/t28?,30-/m0/s1. The van der Waals surface area contributed by atoms with E-state index in [2.05, 4.69) is 34.5 Å². The number of cyclic esters (lactones) is 1. The minimum atomic E-state index is -1.66. The lowest BCUT2D eigenvalue weighted by Crippen LogP contribution is -2.47. The first-order chi connectivity index (χ1) is 18.3. The number of ether oxygens (including phenoxy) is 3. The van der Waals surface area contributed by atoms with Gasteiger partial charge in [-0.3, -0.25) is 4.79 Å². The van der Waals surface area contributed by atoms with E-state index in [0.717, 1.165) is 59.7 Å². The van der Waals surface area contributed by atoms with Crippen molar-refractivity contribution in [2.24, 2.45) is 0 Å². The predicted molar refractivity (Wildman–Crippen MR) is 144 cm³/mol. The van der Waals surface area contributed by atoms with Crippen LogP contribution in [-0.2, 0) is 19.1 Å². The highest BCUT2D eigenvalue weighted by atomic mass is 16.6. The number of anilines is 1. The molecule has 0 radical (unpaired) electrons. The topological polar surface area (TPSA) is 97.3 Å². The highest BCUT2D eigenvalue weighted by Crippen LogP contribution is 2.48. The summed E-state index contributed by atoms with van der Waals surface area (Å²) in [5, 5.41) is 14.8. The fraction of sp³-hybridized carbons (Fsp3) is 0.467. The van der Waals surface area contributed by atoms with E-state index in [-0.39, 0.29) is 25.0 Å². The van der Waals surface area contributed by atoms with Gasteiger partial charge < -0.3 is 29.5 Å². The largest absolute Gasteiger partial charge is 0.494 e. The fourth-order valence-electron chi connectivity index (χ4n) is 5.78. The molecule has 2 atom stereocenters. The molecule has 202 valence electrons. The average molecular weight is 521 g/mol. The van der Waals surface area contributed by atoms with Gasteiger partial charge in [0.1, 0.15) is 12.4 Å². The molecule has 4 aliphatic rings. The van der Waals surface area contributed by atoms with Gasteiger partial charge in [0.05, 0.1) is 19.8 Å². The first-order valence-electron chi connectivity index (χ1n) is 13.4. The molecule has 0 amide bonds. The third-order valence-corrected chi connectivity index (χ3v) is 8.17. The molecule has 1 aromatic carbocycles. The van der Waals surface area contributed by atoms with Crippen LogP contribution in [0.2, 0.25) is 0 Å². The van der Waals surface area contributed by atoms with Gasteiger partial charge in [0.15, 0.2) is 5.60 Å². The number of carbonyl (C=O) groups is 2. The van der Waals surface area contributed by atoms with Crippen molar-refractivity contribution in [2.45, 2.75) is 64.0 Å². The van der Waals surface area contributed by atoms with Crippen LogP contribution in [0.1, 0.15) is 57.9 Å². The van der Waals surface area contributed by atoms with Gasteiger partial charge in [0.25, 0.3) is 0 Å². The van der Waals surface area contributed by atoms with Crippen LogP contribution in [-0.4, -0.2) is 60.5 Å². The molecule has 0 aliphatic carbocycles. The van der Waals surface area contributed by atoms with Crippen LogP contribution < -0.4 is 10.1 Å². The van der Waals surface area contributed by atoms with Crippen LogP contribution in [0.3, 0.4) is 0 Å². The number of aliphatic hydroxyl groups is 1. The van der Waals surface area contributed by atoms with E-state index >= 15 is 0 Å². The summed E-state index contributed by atoms with van der Waals surface area (Å²) < 4.78 is 16.0. The monoisotopic (exact) mass is 520 g/mol. The minimum Gasteiger partial charge on any atom is -0.494 e. The van der Waals surface area contributed by atoms with Gasteiger partial charge in [-0.05, 0) is 61.6 Å². The molecule has 0 spiro atoms. The smallest absolute Gasteiger partial charge is 0.343 e. The van der Waals surface area contributed by atoms with Crippen molar-refractivity contribution in [1.29, 1.82) is 0 Å². The number of hydrogen-bond acceptors (Lipinski definition) is 8. The third-order valence-electron chi connectivity index (χ3n) is 8.17. The highest BCUT2D eigenvalue weighted by Gasteiger charge is 2.49. The number of benzene rings is 1. The second-order valence-corrected chi connectivity index (χ2v) is 10.3. The zero-order valence-electron chi connectivity index (χ0n) is 22.4. The van der Waals surface area contributed by atoms with Crippen molar-refractivity contribution in [3.05, 3.63) is 64.5 Å². The number of nitrogens with one attached hydrogen (secondary N) is 1. The molecule has 8 nitrogen and oxygen atoms in total. The molecular formula is C30H36N2O6. The number of hydrogen-bond donors (Lipinski definition) is 2. The maximum Gasteiger partial charge on any atom is 0.343 e. The minimum absolute atomic E-state index is 0.0656. The number of allylic oxidation sites excluding steroid dienone is 1. The first kappa shape index (κ1) is 26.1. The Kier molecular flexibility index (Phi) is 7.09. The van der Waals surface area contributed by atoms with Gasteiger partial charge in [0, 0.05) is 46.8 Å². The lowest BCUT2D eigenvalue weighted by Gasteiger charge is -2.39. The molecule has 1 unspecified atom stereocenters. The molecule has 1 fully saturated rings. The summed E-state index contributed by atoms with van der Waals surface area (Å²) in [6.07, 6.45) is 6.41. The van der Waals surface area contributed by atoms with Crippen molar-refractivity contribution in [1.82, 2.24) is 4.90 Å². The molecule has 5 rings (SSSR count). The van der Waals surface area contributed by atoms with E-state index in [4.69, 9.17) is 9.47 Å². The summed E-state index contributed by atoms with van der Waals surface area (Å²) in [5.74, 6) is 0.0770. The van der Waals surface area contributed by atoms with Crippen molar-refractivity contribution >= 4 is 23.2 Å². The molecule has 1 aromatic rings. The molecule has 4 aliphatic heterocycles. The second-order valence-electron chi connectivity index (χ2n) is 10.3. The quantitative estimate of drug-likeness (QED) is 0.364. The van der Waals surface area contributed by atoms with Crippen LogP contribution in [0, 0.1) is 0 Å². The summed E-state index contributed by atoms with van der Waals surface area (Å²) >= 11 is 0. The lowest BCUT2D eigenvalue weighted by atomic mass is 9.81. The summed E-state index contributed by atoms with van der Waals surface area (Å²) in [5.41, 5.74) is 6.05. The zero-order valence-corrected chi connectivity index (χ0v) is 22.4. The SMILES string of the molecule is C=C1C2=C(C=C3C4Nc5ccc(OCCCCCCC(=O)OC)cc5C(C)=C4CN13)[C@@](O)(CC)C(=O)OC2. The predicted octanol–water partition coefficient (Wildman–Crippen LogP) is 4.48. The molecule has 2 N–H and O–H groups in total. The Labute approximate surface area is 223 Å². The van der Waals surface area contributed by atoms with Gasteiger partial charge in [-0.15, -0.1) is 0 Å². The van der Waals surface area contributed by atoms with Crippen LogP contribution in [0.25, 0.3) is 5.57 Å². The number of nitrogens with zero attached hydrogens (tertiary/aromatic N) is 1. The number of esters is 2. The van der Waals surface area contributed by atoms with Crippen molar-refractivity contribution in [3.8, 4) is 5.75 Å². The fourth-order valence-corrected chi connectivity index (χ4v) is 5.78. The molecule has 4 heterocycles. The Morgan fingerprint density at radius 1 is 1.29 bits per heavy atom. The maximum atomic E-state index is 12.5. The van der Waals surface area contributed by atoms with Crippen LogP contribution in [0.15, 0.2) is 59.0 Å². The van der Waals surface area contributed by atoms with Crippen LogP contribution in [0.4, 0.5) is 5.69 Å². The first-order valence-corrected chi connectivity index (χ1v) is 13.4. The van der Waals surface area contributed by atoms with Crippen molar-refractivity contribution < 1.29 is 28.9 Å². The number of rotatable bonds is 9. The summed E-state index contributed by atoms with van der Waals surface area (Å²) in [6, 6.07) is 6.05. The van der Waals surface area contributed by atoms with Gasteiger partial charge in [-0.1, -0.05) is 26.3 Å². The van der Waals surface area contributed by atoms with E-state index in [0.29, 0.717) is 25.1 Å². The van der Waals surface area contributed by atoms with Crippen molar-refractivity contribution in [2.75, 3.05) is 32.2 Å². The van der Waals surface area contributed by atoms with E-state index in [1.165, 1.54) is 18.3 Å². The summed E-state index contributed by atoms with van der Waals surface area (Å²) in [4.78, 5) is 25.8. The van der Waals surface area contributed by atoms with Gasteiger partial charge in [-0.2, -0.15) is 0 Å². The molecule has 0 bridgehead atoms. The van der Waals surface area contributed by atoms with Gasteiger partial charge in [-0.25, -0.2) is 4.79 Å². The lowest BCUT2D eigenvalue weighted by molar-refractivity contribution is -0.162. The van der Waals surface area contributed by atoms with E-state index in [9.17, 15) is 14.7 Å². The van der Waals surface area contributed by atoms with E-state index in [1.807, 2.05) is 18.2 Å². The Morgan fingerprint density at radius 3 is 2.84 bits per heavy atom. The van der Waals surface area contributed by atoms with Gasteiger partial charge in [0.2, 0.25) is 0 Å². The number of unbranched alkanes of at least 4 members (excludes halogenated alkanes) is 3. The van der Waals surface area contributed by atoms with E-state index in [1.54, 1.807) is 6.92 Å². The van der Waals surface area contributed by atoms with Crippen LogP contribution >= 0.6 is 0 Å². The zero-order chi connectivity index (χ0) is 27.0. The number of fused-ring (bicyclic) bond motifs is 4. The maximum absolute atomic E-state index is 12.5. The highest BCUT2D eigenvalue weighted by molar-refractivity contribution is 5.89. The Bertz CT molecular complexity index is 1280. The number of carbonyl (C=O) groups excluding carboxylic acids is 2. The Hall–Kier alpha value is -3.52. The number of methoxy groups -OCH3 is 1. The van der Waals surface area contributed by atoms with Crippen molar-refractivity contribution in [3.63, 3.8) is 0 Å². The summed E-state index contributed by atoms with van der Waals surface area (Å²) in [6.45, 7) is 9.67. The Balaban J connectivity index is 1.29. The summed E-state index contributed by atoms with van der Waals surface area (Å²) in [7, 11) is 1.42. The third kappa shape index (κ3) is 4.41. The molecule has 0 saturated carbocycles. The normalized spacial score (nSPS) is 23.6. The molecule has 0 aromatic heterocycles. The molecule has 38 heavy (non-hydrogen) atoms. The second kappa shape index (κ2) is 10.3. The van der Waals surface area contributed by atoms with E-state index < -0.39 is 11.6 Å². The van der Waals surface area contributed by atoms with Gasteiger partial charge >= 0.3 is 11.9 Å².